The fraction of sp³-hybridized carbons (Fsp3) is 0.889. The van der Waals surface area contributed by atoms with Crippen molar-refractivity contribution in [3.63, 3.8) is 0 Å². The molecule has 1 fully saturated rings. The van der Waals surface area contributed by atoms with Crippen LogP contribution >= 0.6 is 0 Å². The average molecular weight is 188 g/mol. The molecule has 1 aliphatic heterocycles. The second kappa shape index (κ2) is 4.58. The van der Waals surface area contributed by atoms with Gasteiger partial charge in [-0.15, -0.1) is 0 Å². The number of hydrogen-bond donors (Lipinski definition) is 2. The summed E-state index contributed by atoms with van der Waals surface area (Å²) in [6.07, 6.45) is 0.733. The molecule has 0 radical (unpaired) electrons. The molecule has 76 valence electrons. The van der Waals surface area contributed by atoms with E-state index in [1.54, 1.807) is 0 Å². The normalized spacial score (nSPS) is 30.2. The van der Waals surface area contributed by atoms with E-state index in [1.165, 1.54) is 0 Å². The fourth-order valence-corrected chi connectivity index (χ4v) is 1.69. The molecule has 0 bridgehead atoms. The van der Waals surface area contributed by atoms with Crippen LogP contribution in [0.15, 0.2) is 0 Å². The standard InChI is InChI=1S/C9H16O4/c1-2-3-7(11)8-6(4-10)5-13-9(8)12/h6-8,10-11H,2-5H2,1H3/t6-,7-,8-/m1/s1. The Bertz CT molecular complexity index is 180. The van der Waals surface area contributed by atoms with Crippen LogP contribution in [0, 0.1) is 11.8 Å². The maximum Gasteiger partial charge on any atom is 0.312 e. The van der Waals surface area contributed by atoms with Gasteiger partial charge in [0.1, 0.15) is 0 Å². The van der Waals surface area contributed by atoms with Gasteiger partial charge in [0.05, 0.1) is 25.2 Å². The topological polar surface area (TPSA) is 66.8 Å². The van der Waals surface area contributed by atoms with Crippen molar-refractivity contribution in [2.24, 2.45) is 11.8 Å². The summed E-state index contributed by atoms with van der Waals surface area (Å²) in [6, 6.07) is 0. The van der Waals surface area contributed by atoms with Gasteiger partial charge in [-0.3, -0.25) is 4.79 Å². The minimum Gasteiger partial charge on any atom is -0.465 e. The van der Waals surface area contributed by atoms with Crippen molar-refractivity contribution in [1.82, 2.24) is 0 Å². The molecule has 13 heavy (non-hydrogen) atoms. The van der Waals surface area contributed by atoms with Crippen molar-refractivity contribution >= 4 is 5.97 Å². The van der Waals surface area contributed by atoms with E-state index >= 15 is 0 Å². The lowest BCUT2D eigenvalue weighted by Crippen LogP contribution is -2.31. The van der Waals surface area contributed by atoms with Crippen LogP contribution in [0.5, 0.6) is 0 Å². The monoisotopic (exact) mass is 188 g/mol. The molecule has 1 saturated heterocycles. The first kappa shape index (κ1) is 10.5. The number of carbonyl (C=O) groups excluding carboxylic acids is 1. The van der Waals surface area contributed by atoms with Gasteiger partial charge in [0, 0.05) is 5.92 Å². The molecular formula is C9H16O4. The van der Waals surface area contributed by atoms with E-state index < -0.39 is 12.0 Å². The van der Waals surface area contributed by atoms with E-state index in [0.29, 0.717) is 6.42 Å². The minimum absolute atomic E-state index is 0.100. The predicted octanol–water partition coefficient (Wildman–Crippen LogP) is -0.0711. The van der Waals surface area contributed by atoms with E-state index in [9.17, 15) is 9.90 Å². The molecule has 0 spiro atoms. The third kappa shape index (κ3) is 2.19. The third-order valence-corrected chi connectivity index (χ3v) is 2.45. The number of aliphatic hydroxyl groups excluding tert-OH is 2. The van der Waals surface area contributed by atoms with Crippen molar-refractivity contribution in [3.05, 3.63) is 0 Å². The summed E-state index contributed by atoms with van der Waals surface area (Å²) in [7, 11) is 0. The molecule has 0 aliphatic carbocycles. The number of ether oxygens (including phenoxy) is 1. The maximum atomic E-state index is 11.2. The first-order valence-corrected chi connectivity index (χ1v) is 4.66. The summed E-state index contributed by atoms with van der Waals surface area (Å²) < 4.78 is 4.78. The summed E-state index contributed by atoms with van der Waals surface area (Å²) in [6.45, 7) is 2.08. The van der Waals surface area contributed by atoms with E-state index in [2.05, 4.69) is 0 Å². The van der Waals surface area contributed by atoms with Gasteiger partial charge in [0.15, 0.2) is 0 Å². The van der Waals surface area contributed by atoms with Crippen LogP contribution in [-0.4, -0.2) is 35.5 Å². The van der Waals surface area contributed by atoms with Gasteiger partial charge in [-0.25, -0.2) is 0 Å². The van der Waals surface area contributed by atoms with Gasteiger partial charge in [-0.05, 0) is 6.42 Å². The molecule has 4 nitrogen and oxygen atoms in total. The molecule has 0 saturated carbocycles. The zero-order valence-corrected chi connectivity index (χ0v) is 7.77. The van der Waals surface area contributed by atoms with Crippen LogP contribution in [0.25, 0.3) is 0 Å². The molecule has 3 atom stereocenters. The first-order valence-electron chi connectivity index (χ1n) is 4.66. The Kier molecular flexibility index (Phi) is 3.69. The van der Waals surface area contributed by atoms with Crippen LogP contribution in [0.3, 0.4) is 0 Å². The fourth-order valence-electron chi connectivity index (χ4n) is 1.69. The van der Waals surface area contributed by atoms with E-state index in [1.807, 2.05) is 6.92 Å². The zero-order chi connectivity index (χ0) is 9.84. The molecule has 0 amide bonds. The summed E-state index contributed by atoms with van der Waals surface area (Å²) >= 11 is 0. The van der Waals surface area contributed by atoms with Crippen LogP contribution in [0.1, 0.15) is 19.8 Å². The average Bonchev–Trinajstić information content (AvgIpc) is 2.47. The Hall–Kier alpha value is -0.610. The molecular weight excluding hydrogens is 172 g/mol. The predicted molar refractivity (Wildman–Crippen MR) is 45.9 cm³/mol. The van der Waals surface area contributed by atoms with E-state index in [-0.39, 0.29) is 25.1 Å². The Morgan fingerprint density at radius 1 is 1.69 bits per heavy atom. The SMILES string of the molecule is CCC[C@@H](O)[C@@H]1C(=O)OC[C@H]1CO. The minimum atomic E-state index is -0.669. The first-order chi connectivity index (χ1) is 6.20. The Morgan fingerprint density at radius 3 is 2.92 bits per heavy atom. The second-order valence-electron chi connectivity index (χ2n) is 3.45. The number of aliphatic hydroxyl groups is 2. The summed E-state index contributed by atoms with van der Waals surface area (Å²) in [4.78, 5) is 11.2. The van der Waals surface area contributed by atoms with Gasteiger partial charge in [0.2, 0.25) is 0 Å². The highest BCUT2D eigenvalue weighted by Crippen LogP contribution is 2.26. The zero-order valence-electron chi connectivity index (χ0n) is 7.77. The third-order valence-electron chi connectivity index (χ3n) is 2.45. The molecule has 0 aromatic heterocycles. The lowest BCUT2D eigenvalue weighted by atomic mass is 9.89. The summed E-state index contributed by atoms with van der Waals surface area (Å²) in [5.74, 6) is -1.13. The van der Waals surface area contributed by atoms with Crippen LogP contribution in [-0.2, 0) is 9.53 Å². The summed E-state index contributed by atoms with van der Waals surface area (Å²) in [5, 5.41) is 18.5. The number of cyclic esters (lactones) is 1. The lowest BCUT2D eigenvalue weighted by Gasteiger charge is -2.18. The molecule has 4 heteroatoms. The Morgan fingerprint density at radius 2 is 2.38 bits per heavy atom. The van der Waals surface area contributed by atoms with Gasteiger partial charge < -0.3 is 14.9 Å². The maximum absolute atomic E-state index is 11.2. The van der Waals surface area contributed by atoms with Gasteiger partial charge in [-0.1, -0.05) is 13.3 Å². The van der Waals surface area contributed by atoms with Crippen molar-refractivity contribution in [2.45, 2.75) is 25.9 Å². The van der Waals surface area contributed by atoms with Gasteiger partial charge >= 0.3 is 5.97 Å². The van der Waals surface area contributed by atoms with Gasteiger partial charge in [0.25, 0.3) is 0 Å². The second-order valence-corrected chi connectivity index (χ2v) is 3.45. The molecule has 0 aromatic rings. The van der Waals surface area contributed by atoms with Crippen LogP contribution in [0.4, 0.5) is 0 Å². The number of rotatable bonds is 4. The molecule has 1 rings (SSSR count). The summed E-state index contributed by atoms with van der Waals surface area (Å²) in [5.41, 5.74) is 0. The Balaban J connectivity index is 2.57. The van der Waals surface area contributed by atoms with Crippen LogP contribution in [0.2, 0.25) is 0 Å². The highest BCUT2D eigenvalue weighted by atomic mass is 16.5. The van der Waals surface area contributed by atoms with E-state index in [0.717, 1.165) is 6.42 Å². The number of esters is 1. The molecule has 0 aromatic carbocycles. The van der Waals surface area contributed by atoms with Gasteiger partial charge in [-0.2, -0.15) is 0 Å². The van der Waals surface area contributed by atoms with Crippen molar-refractivity contribution in [2.75, 3.05) is 13.2 Å². The highest BCUT2D eigenvalue weighted by Gasteiger charge is 2.40. The van der Waals surface area contributed by atoms with Crippen LogP contribution < -0.4 is 0 Å². The molecule has 1 heterocycles. The largest absolute Gasteiger partial charge is 0.465 e. The number of hydrogen-bond acceptors (Lipinski definition) is 4. The molecule has 0 unspecified atom stereocenters. The van der Waals surface area contributed by atoms with Crippen molar-refractivity contribution in [1.29, 1.82) is 0 Å². The quantitative estimate of drug-likeness (QED) is 0.606. The lowest BCUT2D eigenvalue weighted by molar-refractivity contribution is -0.144. The molecule has 1 aliphatic rings. The van der Waals surface area contributed by atoms with Crippen molar-refractivity contribution in [3.8, 4) is 0 Å². The molecule has 2 N–H and O–H groups in total. The Labute approximate surface area is 77.5 Å². The number of carbonyl (C=O) groups is 1. The highest BCUT2D eigenvalue weighted by molar-refractivity contribution is 5.75. The van der Waals surface area contributed by atoms with Crippen molar-refractivity contribution < 1.29 is 19.7 Å². The van der Waals surface area contributed by atoms with E-state index in [4.69, 9.17) is 9.84 Å². The smallest absolute Gasteiger partial charge is 0.312 e.